The fourth-order valence-electron chi connectivity index (χ4n) is 2.96. The van der Waals surface area contributed by atoms with Crippen LogP contribution in [0, 0.1) is 5.41 Å². The van der Waals surface area contributed by atoms with Gasteiger partial charge in [-0.25, -0.2) is 9.97 Å². The average molecular weight is 368 g/mol. The highest BCUT2D eigenvalue weighted by molar-refractivity contribution is 6.07. The highest BCUT2D eigenvalue weighted by Crippen LogP contribution is 2.31. The Labute approximate surface area is 150 Å². The molecule has 0 radical (unpaired) electrons. The van der Waals surface area contributed by atoms with E-state index in [0.29, 0.717) is 18.7 Å². The molecule has 2 fully saturated rings. The van der Waals surface area contributed by atoms with Gasteiger partial charge in [-0.3, -0.25) is 0 Å². The van der Waals surface area contributed by atoms with Crippen LogP contribution in [0.15, 0.2) is 12.3 Å². The Morgan fingerprint density at radius 2 is 1.92 bits per heavy atom. The first-order valence-electron chi connectivity index (χ1n) is 8.73. The number of nitrogens with zero attached hydrogens (tertiary/aromatic N) is 4. The Kier molecular flexibility index (Phi) is 5.45. The molecule has 0 unspecified atom stereocenters. The molecule has 142 valence electrons. The lowest BCUT2D eigenvalue weighted by Gasteiger charge is -2.31. The predicted molar refractivity (Wildman–Crippen MR) is 94.3 cm³/mol. The van der Waals surface area contributed by atoms with Gasteiger partial charge in [0.15, 0.2) is 5.69 Å². The maximum atomic E-state index is 13.2. The van der Waals surface area contributed by atoms with Crippen LogP contribution in [0.4, 0.5) is 19.1 Å². The van der Waals surface area contributed by atoms with Crippen molar-refractivity contribution in [1.82, 2.24) is 20.2 Å². The van der Waals surface area contributed by atoms with Crippen molar-refractivity contribution in [1.29, 1.82) is 5.41 Å². The van der Waals surface area contributed by atoms with Crippen LogP contribution in [0.2, 0.25) is 0 Å². The van der Waals surface area contributed by atoms with Crippen molar-refractivity contribution in [2.75, 3.05) is 38.1 Å². The molecule has 0 aliphatic carbocycles. The summed E-state index contributed by atoms with van der Waals surface area (Å²) in [5.74, 6) is 0.0770. The lowest BCUT2D eigenvalue weighted by Crippen LogP contribution is -2.39. The predicted octanol–water partition coefficient (Wildman–Crippen LogP) is 2.38. The monoisotopic (exact) mass is 368 g/mol. The molecular weight excluding hydrogens is 345 g/mol. The summed E-state index contributed by atoms with van der Waals surface area (Å²) in [7, 11) is 2.06. The van der Waals surface area contributed by atoms with Gasteiger partial charge in [0.25, 0.3) is 0 Å². The topological polar surface area (TPSA) is 68.1 Å². The standard InChI is InChI=1S/C17H23F3N6/c1-25-7-3-13(4-8-25)22-11-12(10-21)14-9-15(17(18,19)20)24-16(23-14)26-5-2-6-26/h9-11,13,21-22H,2-8H2,1H3/b12-11+,21-10?. The van der Waals surface area contributed by atoms with Crippen LogP contribution < -0.4 is 10.2 Å². The Morgan fingerprint density at radius 1 is 1.23 bits per heavy atom. The van der Waals surface area contributed by atoms with Crippen molar-refractivity contribution < 1.29 is 13.2 Å². The van der Waals surface area contributed by atoms with Crippen molar-refractivity contribution in [3.8, 4) is 0 Å². The smallest absolute Gasteiger partial charge is 0.387 e. The van der Waals surface area contributed by atoms with Crippen molar-refractivity contribution in [2.45, 2.75) is 31.5 Å². The lowest BCUT2D eigenvalue weighted by atomic mass is 10.1. The van der Waals surface area contributed by atoms with Crippen molar-refractivity contribution in [3.63, 3.8) is 0 Å². The molecule has 6 nitrogen and oxygen atoms in total. The van der Waals surface area contributed by atoms with Gasteiger partial charge in [0.05, 0.1) is 5.69 Å². The second-order valence-electron chi connectivity index (χ2n) is 6.77. The molecule has 0 amide bonds. The van der Waals surface area contributed by atoms with Gasteiger partial charge in [-0.1, -0.05) is 0 Å². The molecule has 1 aromatic rings. The second kappa shape index (κ2) is 7.61. The third-order valence-corrected chi connectivity index (χ3v) is 4.79. The van der Waals surface area contributed by atoms with Crippen LogP contribution in [0.5, 0.6) is 0 Å². The van der Waals surface area contributed by atoms with Gasteiger partial charge in [0.2, 0.25) is 5.95 Å². The number of aromatic nitrogens is 2. The molecule has 2 saturated heterocycles. The van der Waals surface area contributed by atoms with Gasteiger partial charge >= 0.3 is 6.18 Å². The van der Waals surface area contributed by atoms with E-state index in [-0.39, 0.29) is 17.7 Å². The van der Waals surface area contributed by atoms with Crippen molar-refractivity contribution in [2.24, 2.45) is 0 Å². The summed E-state index contributed by atoms with van der Waals surface area (Å²) in [6.45, 7) is 3.24. The van der Waals surface area contributed by atoms with E-state index >= 15 is 0 Å². The SMILES string of the molecule is CN1CCC(N/C=C(\C=N)c2cc(C(F)(F)F)nc(N3CCC3)n2)CC1. The van der Waals surface area contributed by atoms with Crippen LogP contribution in [-0.4, -0.2) is 60.4 Å². The molecule has 0 atom stereocenters. The van der Waals surface area contributed by atoms with Gasteiger partial charge in [-0.2, -0.15) is 13.2 Å². The summed E-state index contributed by atoms with van der Waals surface area (Å²) in [5, 5.41) is 10.8. The van der Waals surface area contributed by atoms with Gasteiger partial charge < -0.3 is 20.5 Å². The van der Waals surface area contributed by atoms with E-state index < -0.39 is 11.9 Å². The fourth-order valence-corrected chi connectivity index (χ4v) is 2.96. The summed E-state index contributed by atoms with van der Waals surface area (Å²) >= 11 is 0. The van der Waals surface area contributed by atoms with E-state index in [1.54, 1.807) is 11.1 Å². The quantitative estimate of drug-likeness (QED) is 0.781. The van der Waals surface area contributed by atoms with Crippen LogP contribution in [0.1, 0.15) is 30.7 Å². The van der Waals surface area contributed by atoms with Gasteiger partial charge in [-0.15, -0.1) is 0 Å². The molecule has 2 aliphatic rings. The zero-order chi connectivity index (χ0) is 18.7. The first-order chi connectivity index (χ1) is 12.4. The molecule has 9 heteroatoms. The molecule has 0 bridgehead atoms. The minimum absolute atomic E-state index is 0.0770. The van der Waals surface area contributed by atoms with Crippen molar-refractivity contribution >= 4 is 17.7 Å². The summed E-state index contributed by atoms with van der Waals surface area (Å²) in [5.41, 5.74) is -0.542. The Morgan fingerprint density at radius 3 is 2.46 bits per heavy atom. The third-order valence-electron chi connectivity index (χ3n) is 4.79. The Hall–Kier alpha value is -2.16. The zero-order valence-electron chi connectivity index (χ0n) is 14.7. The largest absolute Gasteiger partial charge is 0.433 e. The molecule has 26 heavy (non-hydrogen) atoms. The van der Waals surface area contributed by atoms with E-state index in [9.17, 15) is 13.2 Å². The molecule has 2 N–H and O–H groups in total. The number of hydrogen-bond acceptors (Lipinski definition) is 6. The van der Waals surface area contributed by atoms with Gasteiger partial charge in [0, 0.05) is 37.1 Å². The Bertz CT molecular complexity index is 676. The summed E-state index contributed by atoms with van der Waals surface area (Å²) in [4.78, 5) is 11.9. The van der Waals surface area contributed by atoms with Crippen LogP contribution in [0.25, 0.3) is 5.57 Å². The number of allylic oxidation sites excluding steroid dienone is 1. The highest BCUT2D eigenvalue weighted by Gasteiger charge is 2.35. The molecule has 1 aromatic heterocycles. The summed E-state index contributed by atoms with van der Waals surface area (Å²) in [6, 6.07) is 1.16. The Balaban J connectivity index is 1.84. The zero-order valence-corrected chi connectivity index (χ0v) is 14.7. The van der Waals surface area contributed by atoms with Gasteiger partial charge in [0.1, 0.15) is 0 Å². The number of piperidine rings is 1. The number of alkyl halides is 3. The number of hydrogen-bond donors (Lipinski definition) is 2. The number of anilines is 1. The fraction of sp³-hybridized carbons (Fsp3) is 0.588. The van der Waals surface area contributed by atoms with E-state index in [4.69, 9.17) is 5.41 Å². The highest BCUT2D eigenvalue weighted by atomic mass is 19.4. The summed E-state index contributed by atoms with van der Waals surface area (Å²) < 4.78 is 39.6. The van der Waals surface area contributed by atoms with Gasteiger partial charge in [-0.05, 0) is 45.5 Å². The normalized spacial score (nSPS) is 20.0. The first kappa shape index (κ1) is 18.6. The van der Waals surface area contributed by atoms with Crippen LogP contribution in [-0.2, 0) is 6.18 Å². The molecule has 3 rings (SSSR count). The van der Waals surface area contributed by atoms with Crippen LogP contribution in [0.3, 0.4) is 0 Å². The van der Waals surface area contributed by atoms with Crippen LogP contribution >= 0.6 is 0 Å². The average Bonchev–Trinajstić information content (AvgIpc) is 2.54. The molecule has 0 spiro atoms. The lowest BCUT2D eigenvalue weighted by molar-refractivity contribution is -0.141. The maximum Gasteiger partial charge on any atom is 0.433 e. The minimum Gasteiger partial charge on any atom is -0.387 e. The summed E-state index contributed by atoms with van der Waals surface area (Å²) in [6.07, 6.45) is 0.908. The first-order valence-corrected chi connectivity index (χ1v) is 8.73. The minimum atomic E-state index is -4.55. The number of halogens is 3. The van der Waals surface area contributed by atoms with E-state index in [0.717, 1.165) is 44.6 Å². The van der Waals surface area contributed by atoms with E-state index in [1.165, 1.54) is 0 Å². The molecular formula is C17H23F3N6. The maximum absolute atomic E-state index is 13.2. The number of nitrogens with one attached hydrogen (secondary N) is 2. The second-order valence-corrected chi connectivity index (χ2v) is 6.77. The molecule has 2 aliphatic heterocycles. The van der Waals surface area contributed by atoms with E-state index in [1.807, 2.05) is 0 Å². The molecule has 3 heterocycles. The number of rotatable bonds is 5. The van der Waals surface area contributed by atoms with Crippen molar-refractivity contribution in [3.05, 3.63) is 23.7 Å². The third kappa shape index (κ3) is 4.32. The number of likely N-dealkylation sites (tertiary alicyclic amines) is 1. The van der Waals surface area contributed by atoms with E-state index in [2.05, 4.69) is 27.2 Å². The molecule has 0 saturated carbocycles. The molecule has 0 aromatic carbocycles.